The van der Waals surface area contributed by atoms with Crippen molar-refractivity contribution in [1.82, 2.24) is 4.98 Å². The molecule has 2 rings (SSSR count). The van der Waals surface area contributed by atoms with Gasteiger partial charge in [0.2, 0.25) is 0 Å². The van der Waals surface area contributed by atoms with Crippen molar-refractivity contribution in [3.8, 4) is 0 Å². The van der Waals surface area contributed by atoms with E-state index in [1.807, 2.05) is 27.7 Å². The summed E-state index contributed by atoms with van der Waals surface area (Å²) in [6, 6.07) is 2.97. The molecule has 19 heavy (non-hydrogen) atoms. The van der Waals surface area contributed by atoms with Gasteiger partial charge >= 0.3 is 13.1 Å². The lowest BCUT2D eigenvalue weighted by Gasteiger charge is -2.32. The molecule has 2 heterocycles. The fourth-order valence-electron chi connectivity index (χ4n) is 1.77. The van der Waals surface area contributed by atoms with Crippen molar-refractivity contribution in [2.45, 2.75) is 38.9 Å². The Kier molecular flexibility index (Phi) is 3.06. The summed E-state index contributed by atoms with van der Waals surface area (Å²) in [6.45, 7) is 7.73. The highest BCUT2D eigenvalue weighted by Crippen LogP contribution is 2.36. The monoisotopic (exact) mass is 264 g/mol. The summed E-state index contributed by atoms with van der Waals surface area (Å²) in [5, 5.41) is 8.91. The molecule has 0 saturated carbocycles. The van der Waals surface area contributed by atoms with Crippen LogP contribution < -0.4 is 11.3 Å². The second-order valence-electron chi connectivity index (χ2n) is 5.56. The van der Waals surface area contributed by atoms with E-state index in [1.165, 1.54) is 6.07 Å². The van der Waals surface area contributed by atoms with Crippen LogP contribution in [0.3, 0.4) is 0 Å². The summed E-state index contributed by atoms with van der Waals surface area (Å²) in [5.41, 5.74) is 5.12. The van der Waals surface area contributed by atoms with Crippen LogP contribution in [-0.4, -0.2) is 34.4 Å². The number of carboxylic acid groups (broad SMARTS) is 1. The van der Waals surface area contributed by atoms with Gasteiger partial charge in [0.05, 0.1) is 16.8 Å². The van der Waals surface area contributed by atoms with Crippen LogP contribution in [0.4, 0.5) is 5.82 Å². The van der Waals surface area contributed by atoms with E-state index in [2.05, 4.69) is 4.98 Å². The van der Waals surface area contributed by atoms with Crippen LogP contribution in [0.2, 0.25) is 0 Å². The Morgan fingerprint density at radius 3 is 2.21 bits per heavy atom. The largest absolute Gasteiger partial charge is 0.514 e. The summed E-state index contributed by atoms with van der Waals surface area (Å²) >= 11 is 0. The maximum Gasteiger partial charge on any atom is 0.514 e. The molecule has 6 nitrogen and oxygen atoms in total. The molecule has 0 atom stereocenters. The molecular weight excluding hydrogens is 247 g/mol. The Labute approximate surface area is 112 Å². The molecule has 0 unspecified atom stereocenters. The van der Waals surface area contributed by atoms with Gasteiger partial charge in [-0.1, -0.05) is 0 Å². The highest BCUT2D eigenvalue weighted by atomic mass is 16.7. The maximum absolute atomic E-state index is 10.9. The number of nitrogen functional groups attached to an aromatic ring is 1. The van der Waals surface area contributed by atoms with E-state index in [1.54, 1.807) is 6.07 Å². The number of aromatic carboxylic acids is 1. The van der Waals surface area contributed by atoms with Crippen molar-refractivity contribution in [1.29, 1.82) is 0 Å². The van der Waals surface area contributed by atoms with Crippen LogP contribution in [0.5, 0.6) is 0 Å². The molecule has 7 heteroatoms. The van der Waals surface area contributed by atoms with Gasteiger partial charge < -0.3 is 20.1 Å². The maximum atomic E-state index is 10.9. The lowest BCUT2D eigenvalue weighted by molar-refractivity contribution is 0.00578. The van der Waals surface area contributed by atoms with Gasteiger partial charge in [-0.2, -0.15) is 0 Å². The van der Waals surface area contributed by atoms with E-state index in [0.717, 1.165) is 0 Å². The first-order valence-corrected chi connectivity index (χ1v) is 5.99. The molecule has 3 N–H and O–H groups in total. The Morgan fingerprint density at radius 2 is 1.79 bits per heavy atom. The Bertz CT molecular complexity index is 514. The van der Waals surface area contributed by atoms with Crippen molar-refractivity contribution in [2.24, 2.45) is 0 Å². The van der Waals surface area contributed by atoms with Gasteiger partial charge in [0.1, 0.15) is 11.4 Å². The molecule has 0 radical (unpaired) electrons. The van der Waals surface area contributed by atoms with Crippen LogP contribution in [-0.2, 0) is 9.31 Å². The minimum absolute atomic E-state index is 0.0275. The summed E-state index contributed by atoms with van der Waals surface area (Å²) in [4.78, 5) is 14.9. The second-order valence-corrected chi connectivity index (χ2v) is 5.56. The van der Waals surface area contributed by atoms with Gasteiger partial charge in [0.15, 0.2) is 0 Å². The molecule has 102 valence electrons. The number of pyridine rings is 1. The van der Waals surface area contributed by atoms with Gasteiger partial charge in [-0.15, -0.1) is 0 Å². The number of carboxylic acids is 1. The molecule has 1 aliphatic heterocycles. The zero-order chi connectivity index (χ0) is 14.4. The average Bonchev–Trinajstić information content (AvgIpc) is 2.47. The number of hydrogen-bond donors (Lipinski definition) is 2. The number of aromatic nitrogens is 1. The average molecular weight is 264 g/mol. The van der Waals surface area contributed by atoms with E-state index < -0.39 is 24.3 Å². The van der Waals surface area contributed by atoms with Gasteiger partial charge in [-0.3, -0.25) is 0 Å². The number of hydrogen-bond acceptors (Lipinski definition) is 5. The van der Waals surface area contributed by atoms with Crippen molar-refractivity contribution in [3.05, 3.63) is 17.7 Å². The first kappa shape index (κ1) is 13.8. The highest BCUT2D eigenvalue weighted by Gasteiger charge is 2.52. The van der Waals surface area contributed by atoms with Crippen molar-refractivity contribution in [3.63, 3.8) is 0 Å². The number of carbonyl (C=O) groups is 1. The molecule has 1 aromatic rings. The van der Waals surface area contributed by atoms with Crippen molar-refractivity contribution in [2.75, 3.05) is 5.73 Å². The van der Waals surface area contributed by atoms with Crippen LogP contribution in [0, 0.1) is 0 Å². The molecule has 0 aromatic carbocycles. The van der Waals surface area contributed by atoms with E-state index in [-0.39, 0.29) is 11.4 Å². The number of nitrogens with two attached hydrogens (primary N) is 1. The van der Waals surface area contributed by atoms with Crippen LogP contribution >= 0.6 is 0 Å². The molecule has 1 aliphatic rings. The van der Waals surface area contributed by atoms with Crippen molar-refractivity contribution < 1.29 is 19.2 Å². The fourth-order valence-corrected chi connectivity index (χ4v) is 1.77. The van der Waals surface area contributed by atoms with E-state index in [0.29, 0.717) is 5.59 Å². The molecule has 1 aromatic heterocycles. The Hall–Kier alpha value is -1.60. The second kappa shape index (κ2) is 4.21. The lowest BCUT2D eigenvalue weighted by atomic mass is 9.84. The summed E-state index contributed by atoms with van der Waals surface area (Å²) in [6.07, 6.45) is 0. The Balaban J connectivity index is 2.31. The normalized spacial score (nSPS) is 20.5. The first-order valence-electron chi connectivity index (χ1n) is 5.99. The molecule has 1 saturated heterocycles. The van der Waals surface area contributed by atoms with Gasteiger partial charge in [-0.25, -0.2) is 9.78 Å². The smallest absolute Gasteiger partial charge is 0.478 e. The van der Waals surface area contributed by atoms with Gasteiger partial charge in [0.25, 0.3) is 0 Å². The fraction of sp³-hybridized carbons (Fsp3) is 0.500. The van der Waals surface area contributed by atoms with Crippen LogP contribution in [0.25, 0.3) is 0 Å². The predicted molar refractivity (Wildman–Crippen MR) is 71.3 cm³/mol. The number of anilines is 1. The molecule has 1 fully saturated rings. The lowest BCUT2D eigenvalue weighted by Crippen LogP contribution is -2.41. The third kappa shape index (κ3) is 2.31. The Morgan fingerprint density at radius 1 is 1.26 bits per heavy atom. The quantitative estimate of drug-likeness (QED) is 0.762. The third-order valence-corrected chi connectivity index (χ3v) is 3.67. The standard InChI is InChI=1S/C12H17BN2O4/c1-11(2)12(3,4)19-13(18-11)8-6-5-7(10(16)17)9(14)15-8/h5-6H,1-4H3,(H2,14,15)(H,16,17). The number of nitrogens with zero attached hydrogens (tertiary/aromatic N) is 1. The molecule has 0 bridgehead atoms. The summed E-state index contributed by atoms with van der Waals surface area (Å²) < 4.78 is 11.6. The van der Waals surface area contributed by atoms with E-state index in [4.69, 9.17) is 20.1 Å². The minimum atomic E-state index is -1.11. The molecular formula is C12H17BN2O4. The molecule has 0 spiro atoms. The molecule has 0 aliphatic carbocycles. The van der Waals surface area contributed by atoms with E-state index >= 15 is 0 Å². The predicted octanol–water partition coefficient (Wildman–Crippen LogP) is 0.661. The zero-order valence-electron chi connectivity index (χ0n) is 11.4. The van der Waals surface area contributed by atoms with E-state index in [9.17, 15) is 4.79 Å². The van der Waals surface area contributed by atoms with Crippen LogP contribution in [0.1, 0.15) is 38.1 Å². The van der Waals surface area contributed by atoms with Crippen molar-refractivity contribution >= 4 is 24.5 Å². The summed E-state index contributed by atoms with van der Waals surface area (Å²) in [5.74, 6) is -1.15. The zero-order valence-corrected chi connectivity index (χ0v) is 11.4. The van der Waals surface area contributed by atoms with Gasteiger partial charge in [0, 0.05) is 0 Å². The SMILES string of the molecule is CC1(C)OB(c2ccc(C(=O)O)c(N)n2)OC1(C)C. The number of rotatable bonds is 2. The third-order valence-electron chi connectivity index (χ3n) is 3.67. The summed E-state index contributed by atoms with van der Waals surface area (Å²) in [7, 11) is -0.643. The molecule has 0 amide bonds. The van der Waals surface area contributed by atoms with Gasteiger partial charge in [-0.05, 0) is 39.8 Å². The minimum Gasteiger partial charge on any atom is -0.478 e. The highest BCUT2D eigenvalue weighted by molar-refractivity contribution is 6.61. The topological polar surface area (TPSA) is 94.7 Å². The first-order chi connectivity index (χ1) is 8.64. The van der Waals surface area contributed by atoms with Crippen LogP contribution in [0.15, 0.2) is 12.1 Å².